The smallest absolute Gasteiger partial charge is 0.261 e. The fraction of sp³-hybridized carbons (Fsp3) is 0.409. The Kier molecular flexibility index (Phi) is 6.39. The standard InChI is InChI=1S/C22H28N2O3S/c1-16-8-11-20(12-9-16)28(26,27)24-21-13-10-19(14-17(21)2)22(25)23-15-18-6-4-3-5-7-18/h8-14,18,24H,3-7,15H2,1-2H3,(H,23,25). The minimum absolute atomic E-state index is 0.110. The molecule has 1 aliphatic rings. The van der Waals surface area contributed by atoms with Crippen LogP contribution in [0.5, 0.6) is 0 Å². The molecular formula is C22H28N2O3S. The summed E-state index contributed by atoms with van der Waals surface area (Å²) in [6, 6.07) is 11.7. The van der Waals surface area contributed by atoms with Crippen molar-refractivity contribution < 1.29 is 13.2 Å². The molecule has 1 aliphatic carbocycles. The fourth-order valence-electron chi connectivity index (χ4n) is 3.57. The molecule has 6 heteroatoms. The van der Waals surface area contributed by atoms with Crippen molar-refractivity contribution in [2.75, 3.05) is 11.3 Å². The molecule has 0 atom stereocenters. The summed E-state index contributed by atoms with van der Waals surface area (Å²) in [5.74, 6) is 0.459. The molecular weight excluding hydrogens is 372 g/mol. The quantitative estimate of drug-likeness (QED) is 0.754. The minimum atomic E-state index is -3.66. The molecule has 28 heavy (non-hydrogen) atoms. The predicted molar refractivity (Wildman–Crippen MR) is 112 cm³/mol. The number of hydrogen-bond acceptors (Lipinski definition) is 3. The van der Waals surface area contributed by atoms with Gasteiger partial charge < -0.3 is 5.32 Å². The summed E-state index contributed by atoms with van der Waals surface area (Å²) in [5.41, 5.74) is 2.73. The van der Waals surface area contributed by atoms with Crippen LogP contribution in [0.3, 0.4) is 0 Å². The summed E-state index contributed by atoms with van der Waals surface area (Å²) >= 11 is 0. The van der Waals surface area contributed by atoms with E-state index in [2.05, 4.69) is 10.0 Å². The molecule has 0 heterocycles. The number of carbonyl (C=O) groups is 1. The second-order valence-corrected chi connectivity index (χ2v) is 9.34. The normalized spacial score (nSPS) is 15.2. The van der Waals surface area contributed by atoms with Crippen LogP contribution in [-0.2, 0) is 10.0 Å². The SMILES string of the molecule is Cc1ccc(S(=O)(=O)Nc2ccc(C(=O)NCC3CCCCC3)cc2C)cc1. The first kappa shape index (κ1) is 20.4. The van der Waals surface area contributed by atoms with Gasteiger partial charge in [-0.3, -0.25) is 9.52 Å². The maximum atomic E-state index is 12.6. The molecule has 0 unspecified atom stereocenters. The van der Waals surface area contributed by atoms with Crippen molar-refractivity contribution in [3.8, 4) is 0 Å². The van der Waals surface area contributed by atoms with Gasteiger partial charge in [-0.1, -0.05) is 37.0 Å². The number of sulfonamides is 1. The van der Waals surface area contributed by atoms with E-state index in [1.54, 1.807) is 49.4 Å². The zero-order chi connectivity index (χ0) is 20.1. The lowest BCUT2D eigenvalue weighted by Gasteiger charge is -2.21. The van der Waals surface area contributed by atoms with Crippen LogP contribution in [-0.4, -0.2) is 20.9 Å². The highest BCUT2D eigenvalue weighted by Crippen LogP contribution is 2.24. The molecule has 3 rings (SSSR count). The fourth-order valence-corrected chi connectivity index (χ4v) is 4.70. The molecule has 2 aromatic rings. The van der Waals surface area contributed by atoms with Crippen LogP contribution in [0.1, 0.15) is 53.6 Å². The molecule has 0 aromatic heterocycles. The summed E-state index contributed by atoms with van der Waals surface area (Å²) in [6.07, 6.45) is 6.15. The Bertz CT molecular complexity index is 931. The molecule has 0 aliphatic heterocycles. The zero-order valence-corrected chi connectivity index (χ0v) is 17.3. The van der Waals surface area contributed by atoms with E-state index in [-0.39, 0.29) is 10.8 Å². The van der Waals surface area contributed by atoms with Crippen LogP contribution < -0.4 is 10.0 Å². The third-order valence-corrected chi connectivity index (χ3v) is 6.72. The summed E-state index contributed by atoms with van der Waals surface area (Å²) in [7, 11) is -3.66. The Hall–Kier alpha value is -2.34. The van der Waals surface area contributed by atoms with E-state index in [1.165, 1.54) is 32.1 Å². The van der Waals surface area contributed by atoms with Crippen LogP contribution in [0.15, 0.2) is 47.4 Å². The van der Waals surface area contributed by atoms with Crippen molar-refractivity contribution in [3.05, 3.63) is 59.2 Å². The Labute approximate surface area is 167 Å². The molecule has 0 radical (unpaired) electrons. The zero-order valence-electron chi connectivity index (χ0n) is 16.5. The second kappa shape index (κ2) is 8.78. The van der Waals surface area contributed by atoms with Gasteiger partial charge in [-0.25, -0.2) is 8.42 Å². The van der Waals surface area contributed by atoms with Crippen LogP contribution in [0, 0.1) is 19.8 Å². The number of rotatable bonds is 6. The summed E-state index contributed by atoms with van der Waals surface area (Å²) < 4.78 is 27.8. The lowest BCUT2D eigenvalue weighted by atomic mass is 9.89. The molecule has 0 bridgehead atoms. The van der Waals surface area contributed by atoms with Crippen molar-refractivity contribution in [2.45, 2.75) is 50.8 Å². The van der Waals surface area contributed by atoms with Crippen molar-refractivity contribution in [3.63, 3.8) is 0 Å². The molecule has 1 amide bonds. The highest BCUT2D eigenvalue weighted by Gasteiger charge is 2.17. The van der Waals surface area contributed by atoms with Gasteiger partial charge in [0.1, 0.15) is 0 Å². The van der Waals surface area contributed by atoms with E-state index in [1.807, 2.05) is 6.92 Å². The van der Waals surface area contributed by atoms with E-state index < -0.39 is 10.0 Å². The van der Waals surface area contributed by atoms with E-state index in [9.17, 15) is 13.2 Å². The lowest BCUT2D eigenvalue weighted by molar-refractivity contribution is 0.0943. The number of amides is 1. The molecule has 0 spiro atoms. The Balaban J connectivity index is 1.66. The van der Waals surface area contributed by atoms with Crippen LogP contribution in [0.2, 0.25) is 0 Å². The predicted octanol–water partition coefficient (Wildman–Crippen LogP) is 4.41. The van der Waals surface area contributed by atoms with Gasteiger partial charge in [-0.2, -0.15) is 0 Å². The summed E-state index contributed by atoms with van der Waals surface area (Å²) in [5, 5.41) is 3.02. The number of hydrogen-bond donors (Lipinski definition) is 2. The average Bonchev–Trinajstić information content (AvgIpc) is 2.68. The minimum Gasteiger partial charge on any atom is -0.352 e. The number of anilines is 1. The average molecular weight is 401 g/mol. The summed E-state index contributed by atoms with van der Waals surface area (Å²) in [4.78, 5) is 12.7. The largest absolute Gasteiger partial charge is 0.352 e. The molecule has 1 fully saturated rings. The maximum absolute atomic E-state index is 12.6. The van der Waals surface area contributed by atoms with Gasteiger partial charge in [0.05, 0.1) is 10.6 Å². The van der Waals surface area contributed by atoms with Gasteiger partial charge in [-0.05, 0) is 68.5 Å². The Morgan fingerprint density at radius 2 is 1.68 bits per heavy atom. The third kappa shape index (κ3) is 5.13. The van der Waals surface area contributed by atoms with Gasteiger partial charge >= 0.3 is 0 Å². The monoisotopic (exact) mass is 400 g/mol. The first-order valence-electron chi connectivity index (χ1n) is 9.83. The van der Waals surface area contributed by atoms with Crippen molar-refractivity contribution in [1.29, 1.82) is 0 Å². The molecule has 5 nitrogen and oxygen atoms in total. The first-order valence-corrected chi connectivity index (χ1v) is 11.3. The van der Waals surface area contributed by atoms with Gasteiger partial charge in [0.2, 0.25) is 0 Å². The first-order chi connectivity index (χ1) is 13.3. The lowest BCUT2D eigenvalue weighted by Crippen LogP contribution is -2.30. The van der Waals surface area contributed by atoms with Crippen molar-refractivity contribution >= 4 is 21.6 Å². The van der Waals surface area contributed by atoms with E-state index in [4.69, 9.17) is 0 Å². The van der Waals surface area contributed by atoms with Crippen LogP contribution in [0.25, 0.3) is 0 Å². The van der Waals surface area contributed by atoms with Gasteiger partial charge in [-0.15, -0.1) is 0 Å². The van der Waals surface area contributed by atoms with Gasteiger partial charge in [0, 0.05) is 12.1 Å². The van der Waals surface area contributed by atoms with E-state index >= 15 is 0 Å². The topological polar surface area (TPSA) is 75.3 Å². The maximum Gasteiger partial charge on any atom is 0.261 e. The van der Waals surface area contributed by atoms with E-state index in [0.717, 1.165) is 5.56 Å². The number of carbonyl (C=O) groups excluding carboxylic acids is 1. The van der Waals surface area contributed by atoms with E-state index in [0.29, 0.717) is 29.3 Å². The van der Waals surface area contributed by atoms with Crippen LogP contribution in [0.4, 0.5) is 5.69 Å². The third-order valence-electron chi connectivity index (χ3n) is 5.34. The number of nitrogens with one attached hydrogen (secondary N) is 2. The molecule has 150 valence electrons. The van der Waals surface area contributed by atoms with Gasteiger partial charge in [0.25, 0.3) is 15.9 Å². The highest BCUT2D eigenvalue weighted by atomic mass is 32.2. The van der Waals surface area contributed by atoms with Gasteiger partial charge in [0.15, 0.2) is 0 Å². The molecule has 1 saturated carbocycles. The summed E-state index contributed by atoms with van der Waals surface area (Å²) in [6.45, 7) is 4.41. The van der Waals surface area contributed by atoms with Crippen LogP contribution >= 0.6 is 0 Å². The number of aryl methyl sites for hydroxylation is 2. The molecule has 2 N–H and O–H groups in total. The van der Waals surface area contributed by atoms with Crippen molar-refractivity contribution in [1.82, 2.24) is 5.32 Å². The van der Waals surface area contributed by atoms with Crippen molar-refractivity contribution in [2.24, 2.45) is 5.92 Å². The molecule has 0 saturated heterocycles. The Morgan fingerprint density at radius 3 is 2.32 bits per heavy atom. The molecule has 2 aromatic carbocycles. The number of benzene rings is 2. The highest BCUT2D eigenvalue weighted by molar-refractivity contribution is 7.92. The Morgan fingerprint density at radius 1 is 1.00 bits per heavy atom. The second-order valence-electron chi connectivity index (χ2n) is 7.66.